The van der Waals surface area contributed by atoms with E-state index in [-0.39, 0.29) is 18.7 Å². The molecule has 1 amide bonds. The lowest BCUT2D eigenvalue weighted by Gasteiger charge is -2.30. The van der Waals surface area contributed by atoms with Crippen LogP contribution in [0.1, 0.15) is 41.0 Å². The van der Waals surface area contributed by atoms with E-state index in [0.29, 0.717) is 6.42 Å². The summed E-state index contributed by atoms with van der Waals surface area (Å²) in [6, 6.07) is 0. The Morgan fingerprint density at radius 1 is 1.36 bits per heavy atom. The van der Waals surface area contributed by atoms with E-state index in [0.717, 1.165) is 30.5 Å². The molecule has 2 heterocycles. The first-order valence-electron chi connectivity index (χ1n) is 7.36. The van der Waals surface area contributed by atoms with Crippen molar-refractivity contribution < 1.29 is 22.7 Å². The van der Waals surface area contributed by atoms with Crippen LogP contribution in [0.5, 0.6) is 0 Å². The van der Waals surface area contributed by atoms with Gasteiger partial charge in [0.05, 0.1) is 6.61 Å². The van der Waals surface area contributed by atoms with E-state index < -0.39 is 24.2 Å². The van der Waals surface area contributed by atoms with Crippen LogP contribution >= 0.6 is 0 Å². The third kappa shape index (κ3) is 2.39. The van der Waals surface area contributed by atoms with Gasteiger partial charge in [-0.15, -0.1) is 0 Å². The van der Waals surface area contributed by atoms with Gasteiger partial charge in [-0.2, -0.15) is 18.3 Å². The number of rotatable bonds is 2. The fourth-order valence-electron chi connectivity index (χ4n) is 3.19. The normalized spacial score (nSPS) is 25.1. The Bertz CT molecular complexity index is 589. The second-order valence-corrected chi connectivity index (χ2v) is 5.94. The van der Waals surface area contributed by atoms with Gasteiger partial charge in [-0.1, -0.05) is 0 Å². The highest BCUT2D eigenvalue weighted by atomic mass is 19.4. The maximum absolute atomic E-state index is 13.3. The predicted octanol–water partition coefficient (Wildman–Crippen LogP) is 1.75. The van der Waals surface area contributed by atoms with Gasteiger partial charge < -0.3 is 10.1 Å². The number of nitrogens with zero attached hydrogens (tertiary/aromatic N) is 2. The predicted molar refractivity (Wildman–Crippen MR) is 71.5 cm³/mol. The highest BCUT2D eigenvalue weighted by molar-refractivity contribution is 5.94. The SMILES string of the molecule is Cn1nc(C(=O)NC2(C(F)(F)F)CCOC2)c2c1CCCC2. The molecule has 1 N–H and O–H groups in total. The minimum absolute atomic E-state index is 0.0138. The molecule has 1 aliphatic carbocycles. The fourth-order valence-corrected chi connectivity index (χ4v) is 3.19. The average molecular weight is 317 g/mol. The van der Waals surface area contributed by atoms with Gasteiger partial charge in [-0.05, 0) is 25.7 Å². The minimum Gasteiger partial charge on any atom is -0.379 e. The number of hydrogen-bond donors (Lipinski definition) is 1. The van der Waals surface area contributed by atoms with Crippen LogP contribution < -0.4 is 5.32 Å². The molecule has 2 aliphatic rings. The molecule has 1 fully saturated rings. The van der Waals surface area contributed by atoms with Gasteiger partial charge in [-0.25, -0.2) is 0 Å². The summed E-state index contributed by atoms with van der Waals surface area (Å²) in [5.74, 6) is -0.762. The number of hydrogen-bond acceptors (Lipinski definition) is 3. The maximum Gasteiger partial charge on any atom is 0.413 e. The Labute approximate surface area is 125 Å². The molecule has 0 radical (unpaired) electrons. The van der Waals surface area contributed by atoms with Crippen molar-refractivity contribution in [3.8, 4) is 0 Å². The van der Waals surface area contributed by atoms with Crippen molar-refractivity contribution in [2.45, 2.75) is 43.8 Å². The molecule has 8 heteroatoms. The maximum atomic E-state index is 13.3. The molecule has 0 spiro atoms. The summed E-state index contributed by atoms with van der Waals surface area (Å²) in [6.45, 7) is -0.558. The molecule has 122 valence electrons. The topological polar surface area (TPSA) is 56.2 Å². The van der Waals surface area contributed by atoms with E-state index in [1.165, 1.54) is 0 Å². The second-order valence-electron chi connectivity index (χ2n) is 5.94. The monoisotopic (exact) mass is 317 g/mol. The van der Waals surface area contributed by atoms with Gasteiger partial charge in [0, 0.05) is 31.3 Å². The number of amides is 1. The Hall–Kier alpha value is -1.57. The summed E-state index contributed by atoms with van der Waals surface area (Å²) in [7, 11) is 1.72. The number of aryl methyl sites for hydroxylation is 1. The molecule has 1 aromatic heterocycles. The van der Waals surface area contributed by atoms with Crippen LogP contribution in [0, 0.1) is 0 Å². The molecule has 0 bridgehead atoms. The van der Waals surface area contributed by atoms with Crippen molar-refractivity contribution in [3.05, 3.63) is 17.0 Å². The summed E-state index contributed by atoms with van der Waals surface area (Å²) in [5.41, 5.74) is -0.460. The number of ether oxygens (including phenoxy) is 1. The first kappa shape index (κ1) is 15.3. The third-order valence-electron chi connectivity index (χ3n) is 4.50. The summed E-state index contributed by atoms with van der Waals surface area (Å²) in [5, 5.41) is 6.29. The first-order chi connectivity index (χ1) is 10.3. The smallest absolute Gasteiger partial charge is 0.379 e. The van der Waals surface area contributed by atoms with Crippen molar-refractivity contribution in [2.24, 2.45) is 7.05 Å². The van der Waals surface area contributed by atoms with Crippen molar-refractivity contribution in [1.82, 2.24) is 15.1 Å². The van der Waals surface area contributed by atoms with Gasteiger partial charge in [-0.3, -0.25) is 9.48 Å². The van der Waals surface area contributed by atoms with E-state index >= 15 is 0 Å². The molecule has 1 unspecified atom stereocenters. The molecule has 1 aromatic rings. The number of aromatic nitrogens is 2. The van der Waals surface area contributed by atoms with Crippen LogP contribution in [0.4, 0.5) is 13.2 Å². The van der Waals surface area contributed by atoms with Crippen LogP contribution in [0.2, 0.25) is 0 Å². The van der Waals surface area contributed by atoms with Crippen LogP contribution in [-0.4, -0.2) is 40.6 Å². The molecule has 1 atom stereocenters. The molecular weight excluding hydrogens is 299 g/mol. The zero-order valence-electron chi connectivity index (χ0n) is 12.3. The summed E-state index contributed by atoms with van der Waals surface area (Å²) in [4.78, 5) is 12.4. The third-order valence-corrected chi connectivity index (χ3v) is 4.50. The van der Waals surface area contributed by atoms with E-state index in [4.69, 9.17) is 4.74 Å². The van der Waals surface area contributed by atoms with E-state index in [1.807, 2.05) is 0 Å². The summed E-state index contributed by atoms with van der Waals surface area (Å²) < 4.78 is 46.4. The van der Waals surface area contributed by atoms with Crippen LogP contribution in [0.15, 0.2) is 0 Å². The Kier molecular flexibility index (Phi) is 3.66. The van der Waals surface area contributed by atoms with Crippen molar-refractivity contribution in [3.63, 3.8) is 0 Å². The lowest BCUT2D eigenvalue weighted by molar-refractivity contribution is -0.192. The quantitative estimate of drug-likeness (QED) is 0.904. The Morgan fingerprint density at radius 3 is 2.73 bits per heavy atom. The van der Waals surface area contributed by atoms with Gasteiger partial charge in [0.25, 0.3) is 5.91 Å². The lowest BCUT2D eigenvalue weighted by atomic mass is 9.94. The summed E-state index contributed by atoms with van der Waals surface area (Å²) >= 11 is 0. The van der Waals surface area contributed by atoms with Crippen molar-refractivity contribution in [2.75, 3.05) is 13.2 Å². The Morgan fingerprint density at radius 2 is 2.09 bits per heavy atom. The van der Waals surface area contributed by atoms with Gasteiger partial charge in [0.1, 0.15) is 0 Å². The van der Waals surface area contributed by atoms with Crippen molar-refractivity contribution >= 4 is 5.91 Å². The van der Waals surface area contributed by atoms with Gasteiger partial charge in [0.2, 0.25) is 0 Å². The highest BCUT2D eigenvalue weighted by Crippen LogP contribution is 2.37. The zero-order chi connectivity index (χ0) is 16.0. The van der Waals surface area contributed by atoms with Gasteiger partial charge >= 0.3 is 6.18 Å². The second kappa shape index (κ2) is 5.26. The molecule has 0 saturated carbocycles. The zero-order valence-corrected chi connectivity index (χ0v) is 12.3. The van der Waals surface area contributed by atoms with Gasteiger partial charge in [0.15, 0.2) is 11.2 Å². The number of nitrogens with one attached hydrogen (secondary N) is 1. The van der Waals surface area contributed by atoms with Crippen LogP contribution in [-0.2, 0) is 24.6 Å². The average Bonchev–Trinajstić information content (AvgIpc) is 3.05. The van der Waals surface area contributed by atoms with E-state index in [2.05, 4.69) is 10.4 Å². The largest absolute Gasteiger partial charge is 0.413 e. The number of fused-ring (bicyclic) bond motifs is 1. The first-order valence-corrected chi connectivity index (χ1v) is 7.36. The van der Waals surface area contributed by atoms with E-state index in [1.54, 1.807) is 11.7 Å². The summed E-state index contributed by atoms with van der Waals surface area (Å²) in [6.07, 6.45) is -1.40. The number of carbonyl (C=O) groups excluding carboxylic acids is 1. The highest BCUT2D eigenvalue weighted by Gasteiger charge is 2.58. The van der Waals surface area contributed by atoms with Crippen LogP contribution in [0.25, 0.3) is 0 Å². The lowest BCUT2D eigenvalue weighted by Crippen LogP contribution is -2.59. The van der Waals surface area contributed by atoms with Crippen LogP contribution in [0.3, 0.4) is 0 Å². The molecule has 3 rings (SSSR count). The fraction of sp³-hybridized carbons (Fsp3) is 0.714. The Balaban J connectivity index is 1.89. The molecule has 22 heavy (non-hydrogen) atoms. The van der Waals surface area contributed by atoms with Crippen molar-refractivity contribution in [1.29, 1.82) is 0 Å². The molecule has 0 aromatic carbocycles. The molecule has 5 nitrogen and oxygen atoms in total. The number of carbonyl (C=O) groups is 1. The number of halogens is 3. The van der Waals surface area contributed by atoms with E-state index in [9.17, 15) is 18.0 Å². The molecular formula is C14H18F3N3O2. The molecule has 1 aliphatic heterocycles. The standard InChI is InChI=1S/C14H18F3N3O2/c1-20-10-5-3-2-4-9(10)11(19-20)12(21)18-13(14(15,16)17)6-7-22-8-13/h2-8H2,1H3,(H,18,21). The molecule has 1 saturated heterocycles. The number of alkyl halides is 3. The minimum atomic E-state index is -4.55.